The van der Waals surface area contributed by atoms with Crippen molar-refractivity contribution in [3.05, 3.63) is 112 Å². The third-order valence-corrected chi connectivity index (χ3v) is 9.24. The van der Waals surface area contributed by atoms with E-state index in [-0.39, 0.29) is 11.1 Å². The van der Waals surface area contributed by atoms with E-state index in [9.17, 15) is 90.0 Å². The summed E-state index contributed by atoms with van der Waals surface area (Å²) in [6.45, 7) is 1.34. The number of ether oxygens (including phenoxy) is 6. The molecule has 0 aliphatic rings. The van der Waals surface area contributed by atoms with Gasteiger partial charge in [0.1, 0.15) is 11.5 Å². The molecular formula is C44H30O24. The molecule has 0 aliphatic carbocycles. The van der Waals surface area contributed by atoms with E-state index < -0.39 is 161 Å². The molecule has 0 spiro atoms. The van der Waals surface area contributed by atoms with Crippen LogP contribution in [-0.4, -0.2) is 104 Å². The zero-order chi connectivity index (χ0) is 50.0. The van der Waals surface area contributed by atoms with Gasteiger partial charge in [0.15, 0.2) is 57.5 Å². The van der Waals surface area contributed by atoms with E-state index in [1.165, 1.54) is 6.92 Å². The smallest absolute Gasteiger partial charge is 0.343 e. The van der Waals surface area contributed by atoms with Crippen LogP contribution in [0.2, 0.25) is 0 Å². The molecule has 0 atom stereocenters. The Balaban J connectivity index is 1.20. The second-order valence-electron chi connectivity index (χ2n) is 13.8. The zero-order valence-electron chi connectivity index (χ0n) is 34.2. The van der Waals surface area contributed by atoms with Gasteiger partial charge in [-0.15, -0.1) is 0 Å². The van der Waals surface area contributed by atoms with Gasteiger partial charge in [0.05, 0.1) is 40.5 Å². The number of carbonyl (C=O) groups excluding carboxylic acids is 6. The third-order valence-electron chi connectivity index (χ3n) is 9.24. The molecule has 68 heavy (non-hydrogen) atoms. The second kappa shape index (κ2) is 18.5. The highest BCUT2D eigenvalue weighted by atomic mass is 16.6. The molecule has 0 saturated heterocycles. The maximum atomic E-state index is 13.3. The highest BCUT2D eigenvalue weighted by Gasteiger charge is 2.27. The number of benzene rings is 6. The highest BCUT2D eigenvalue weighted by Crippen LogP contribution is 2.44. The van der Waals surface area contributed by atoms with Gasteiger partial charge in [-0.2, -0.15) is 0 Å². The molecule has 12 N–H and O–H groups in total. The molecule has 24 nitrogen and oxygen atoms in total. The molecule has 0 unspecified atom stereocenters. The fourth-order valence-electron chi connectivity index (χ4n) is 5.66. The van der Waals surface area contributed by atoms with E-state index in [1.807, 2.05) is 0 Å². The molecule has 0 saturated carbocycles. The molecular weight excluding hydrogens is 912 g/mol. The molecule has 24 heteroatoms. The molecule has 0 bridgehead atoms. The van der Waals surface area contributed by atoms with Gasteiger partial charge in [0, 0.05) is 5.56 Å². The van der Waals surface area contributed by atoms with Crippen molar-refractivity contribution in [1.82, 2.24) is 0 Å². The summed E-state index contributed by atoms with van der Waals surface area (Å²) in [4.78, 5) is 77.3. The number of methoxy groups -OCH3 is 1. The van der Waals surface area contributed by atoms with Crippen LogP contribution in [0.25, 0.3) is 0 Å². The van der Waals surface area contributed by atoms with Crippen molar-refractivity contribution in [2.45, 2.75) is 6.92 Å². The molecule has 0 heterocycles. The first kappa shape index (κ1) is 47.2. The summed E-state index contributed by atoms with van der Waals surface area (Å²) in [7, 11) is 1.01. The Morgan fingerprint density at radius 3 is 0.676 bits per heavy atom. The Morgan fingerprint density at radius 1 is 0.294 bits per heavy atom. The number of carbonyl (C=O) groups is 6. The summed E-state index contributed by atoms with van der Waals surface area (Å²) in [5, 5.41) is 123. The van der Waals surface area contributed by atoms with Crippen LogP contribution in [0.3, 0.4) is 0 Å². The molecule has 0 aromatic heterocycles. The Hall–Kier alpha value is -10.3. The monoisotopic (exact) mass is 942 g/mol. The number of hydrogen-bond acceptors (Lipinski definition) is 24. The van der Waals surface area contributed by atoms with Gasteiger partial charge in [-0.3, -0.25) is 0 Å². The SMILES string of the molecule is COC(=O)c1cc(O)c(O)c(OC(=O)c2cc(O)c(O)c(OC(=O)c3cc(O)c(O)c(OC(=O)c4cc(O)c(O)c(OC(=O)c5cc(O)c(O)c(OC(=O)c6cc(O)c(C)c(O)c6)c5)c4)c3)c2)c1. The van der Waals surface area contributed by atoms with Crippen molar-refractivity contribution in [2.24, 2.45) is 0 Å². The van der Waals surface area contributed by atoms with E-state index in [2.05, 4.69) is 4.74 Å². The van der Waals surface area contributed by atoms with Crippen molar-refractivity contribution < 1.29 is 118 Å². The minimum absolute atomic E-state index is 0.0241. The minimum atomic E-state index is -1.53. The van der Waals surface area contributed by atoms with Crippen LogP contribution in [0.1, 0.15) is 67.7 Å². The predicted molar refractivity (Wildman–Crippen MR) is 219 cm³/mol. The summed E-state index contributed by atoms with van der Waals surface area (Å²) < 4.78 is 29.8. The lowest BCUT2D eigenvalue weighted by Crippen LogP contribution is -2.14. The van der Waals surface area contributed by atoms with Gasteiger partial charge >= 0.3 is 35.8 Å². The number of rotatable bonds is 11. The molecule has 6 rings (SSSR count). The summed E-state index contributed by atoms with van der Waals surface area (Å²) in [6.07, 6.45) is 0. The van der Waals surface area contributed by atoms with E-state index in [0.717, 1.165) is 31.4 Å². The standard InChI is InChI=1S/C44H30O24/c1-15-22(45)3-16(4-23(15)46)40(58)64-30-11-18(6-25(48)35(30)53)42(60)66-32-13-20(8-27(50)37(32)55)44(62)68-33-14-21(9-28(51)38(33)56)43(61)67-31-12-19(7-26(49)36(31)54)41(59)65-29-10-17(39(57)63-2)5-24(47)34(29)52/h3-14,45-56H,1-2H3. The molecule has 6 aromatic rings. The largest absolute Gasteiger partial charge is 0.508 e. The number of aromatic hydroxyl groups is 12. The zero-order valence-corrected chi connectivity index (χ0v) is 34.2. The van der Waals surface area contributed by atoms with Gasteiger partial charge in [-0.05, 0) is 79.7 Å². The lowest BCUT2D eigenvalue weighted by Gasteiger charge is -2.14. The summed E-state index contributed by atoms with van der Waals surface area (Å²) in [5.74, 6) is -24.4. The van der Waals surface area contributed by atoms with Gasteiger partial charge in [0.25, 0.3) is 0 Å². The van der Waals surface area contributed by atoms with E-state index in [1.54, 1.807) is 0 Å². The average molecular weight is 943 g/mol. The summed E-state index contributed by atoms with van der Waals surface area (Å²) >= 11 is 0. The number of esters is 6. The summed E-state index contributed by atoms with van der Waals surface area (Å²) in [5.41, 5.74) is -3.57. The maximum Gasteiger partial charge on any atom is 0.343 e. The van der Waals surface area contributed by atoms with Crippen LogP contribution < -0.4 is 23.7 Å². The topological polar surface area (TPSA) is 401 Å². The molecule has 6 aromatic carbocycles. The van der Waals surface area contributed by atoms with Crippen molar-refractivity contribution in [2.75, 3.05) is 7.11 Å². The van der Waals surface area contributed by atoms with Gasteiger partial charge < -0.3 is 89.7 Å². The van der Waals surface area contributed by atoms with Crippen LogP contribution >= 0.6 is 0 Å². The second-order valence-corrected chi connectivity index (χ2v) is 13.8. The van der Waals surface area contributed by atoms with Crippen LogP contribution in [0.5, 0.6) is 97.7 Å². The fourth-order valence-corrected chi connectivity index (χ4v) is 5.66. The van der Waals surface area contributed by atoms with Crippen molar-refractivity contribution in [3.8, 4) is 97.7 Å². The van der Waals surface area contributed by atoms with E-state index >= 15 is 0 Å². The predicted octanol–water partition coefficient (Wildman–Crippen LogP) is 4.34. The highest BCUT2D eigenvalue weighted by molar-refractivity contribution is 5.99. The van der Waals surface area contributed by atoms with Gasteiger partial charge in [-0.25, -0.2) is 28.8 Å². The first-order valence-corrected chi connectivity index (χ1v) is 18.5. The fraction of sp³-hybridized carbons (Fsp3) is 0.0455. The molecule has 0 radical (unpaired) electrons. The molecule has 350 valence electrons. The first-order chi connectivity index (χ1) is 32.0. The van der Waals surface area contributed by atoms with Crippen molar-refractivity contribution in [1.29, 1.82) is 0 Å². The third kappa shape index (κ3) is 9.62. The Morgan fingerprint density at radius 2 is 0.471 bits per heavy atom. The Bertz CT molecular complexity index is 3110. The number of hydrogen-bond donors (Lipinski definition) is 12. The quantitative estimate of drug-likeness (QED) is 0.0488. The number of phenolic OH excluding ortho intramolecular Hbond substituents is 12. The normalized spacial score (nSPS) is 10.7. The van der Waals surface area contributed by atoms with Crippen LogP contribution in [-0.2, 0) is 4.74 Å². The van der Waals surface area contributed by atoms with Crippen molar-refractivity contribution in [3.63, 3.8) is 0 Å². The van der Waals surface area contributed by atoms with Crippen LogP contribution in [0, 0.1) is 6.92 Å². The van der Waals surface area contributed by atoms with Crippen LogP contribution in [0.4, 0.5) is 0 Å². The number of phenols is 12. The van der Waals surface area contributed by atoms with Gasteiger partial charge in [0.2, 0.25) is 28.7 Å². The first-order valence-electron chi connectivity index (χ1n) is 18.5. The average Bonchev–Trinajstić information content (AvgIpc) is 3.29. The maximum absolute atomic E-state index is 13.3. The Labute approximate surface area is 377 Å². The molecule has 0 fully saturated rings. The Kier molecular flexibility index (Phi) is 12.8. The summed E-state index contributed by atoms with van der Waals surface area (Å²) in [6, 6.07) is 8.48. The minimum Gasteiger partial charge on any atom is -0.508 e. The van der Waals surface area contributed by atoms with Gasteiger partial charge in [-0.1, -0.05) is 0 Å². The lowest BCUT2D eigenvalue weighted by atomic mass is 10.1. The lowest BCUT2D eigenvalue weighted by molar-refractivity contribution is 0.0595. The molecule has 0 aliphatic heterocycles. The van der Waals surface area contributed by atoms with Crippen molar-refractivity contribution >= 4 is 35.8 Å². The van der Waals surface area contributed by atoms with E-state index in [0.29, 0.717) is 48.5 Å². The van der Waals surface area contributed by atoms with Crippen LogP contribution in [0.15, 0.2) is 72.8 Å². The molecule has 0 amide bonds. The van der Waals surface area contributed by atoms with E-state index in [4.69, 9.17) is 23.7 Å².